The number of pyridine rings is 1. The maximum Gasteiger partial charge on any atom is 0.323 e. The van der Waals surface area contributed by atoms with Crippen LogP contribution in [0.5, 0.6) is 11.6 Å². The van der Waals surface area contributed by atoms with Crippen molar-refractivity contribution >= 4 is 5.97 Å². The zero-order chi connectivity index (χ0) is 16.8. The lowest BCUT2D eigenvalue weighted by Crippen LogP contribution is -2.36. The Kier molecular flexibility index (Phi) is 5.65. The van der Waals surface area contributed by atoms with Crippen LogP contribution in [0, 0.1) is 11.7 Å². The Morgan fingerprint density at radius 3 is 2.57 bits per heavy atom. The van der Waals surface area contributed by atoms with Gasteiger partial charge in [-0.3, -0.25) is 4.79 Å². The molecule has 6 heteroatoms. The van der Waals surface area contributed by atoms with Crippen LogP contribution < -0.4 is 10.5 Å². The first-order valence-electron chi connectivity index (χ1n) is 7.27. The molecule has 2 aromatic rings. The number of nitrogens with two attached hydrogens (primary N) is 1. The number of nitrogens with zero attached hydrogens (tertiary/aromatic N) is 1. The summed E-state index contributed by atoms with van der Waals surface area (Å²) in [6, 6.07) is 10.1. The van der Waals surface area contributed by atoms with Gasteiger partial charge >= 0.3 is 5.97 Å². The molecule has 1 aromatic carbocycles. The maximum atomic E-state index is 12.9. The summed E-state index contributed by atoms with van der Waals surface area (Å²) in [5.74, 6) is -0.00378. The van der Waals surface area contributed by atoms with Gasteiger partial charge in [0.2, 0.25) is 5.88 Å². The minimum absolute atomic E-state index is 0.00334. The molecular formula is C17H19FN2O3. The van der Waals surface area contributed by atoms with Crippen molar-refractivity contribution in [2.75, 3.05) is 0 Å². The van der Waals surface area contributed by atoms with Gasteiger partial charge in [-0.2, -0.15) is 0 Å². The monoisotopic (exact) mass is 318 g/mol. The van der Waals surface area contributed by atoms with E-state index in [1.54, 1.807) is 18.2 Å². The number of hydrogen-bond acceptors (Lipinski definition) is 5. The molecule has 0 saturated heterocycles. The van der Waals surface area contributed by atoms with Crippen LogP contribution in [0.1, 0.15) is 19.5 Å². The molecule has 0 spiro atoms. The van der Waals surface area contributed by atoms with Crippen molar-refractivity contribution in [3.05, 3.63) is 54.0 Å². The second kappa shape index (κ2) is 7.69. The number of aromatic nitrogens is 1. The molecule has 2 N–H and O–H groups in total. The number of carbonyl (C=O) groups excluding carboxylic acids is 1. The van der Waals surface area contributed by atoms with Crippen LogP contribution in [-0.4, -0.2) is 17.0 Å². The van der Waals surface area contributed by atoms with Gasteiger partial charge in [0.25, 0.3) is 0 Å². The van der Waals surface area contributed by atoms with E-state index < -0.39 is 12.0 Å². The molecule has 1 aromatic heterocycles. The van der Waals surface area contributed by atoms with Gasteiger partial charge in [0.15, 0.2) is 0 Å². The third-order valence-corrected chi connectivity index (χ3v) is 3.17. The molecule has 2 rings (SSSR count). The van der Waals surface area contributed by atoms with Gasteiger partial charge in [-0.05, 0) is 36.2 Å². The molecular weight excluding hydrogens is 299 g/mol. The first-order valence-corrected chi connectivity index (χ1v) is 7.27. The predicted molar refractivity (Wildman–Crippen MR) is 83.3 cm³/mol. The fourth-order valence-electron chi connectivity index (χ4n) is 1.73. The highest BCUT2D eigenvalue weighted by Gasteiger charge is 2.18. The van der Waals surface area contributed by atoms with Crippen molar-refractivity contribution in [1.29, 1.82) is 0 Å². The molecule has 5 nitrogen and oxygen atoms in total. The number of rotatable bonds is 6. The fourth-order valence-corrected chi connectivity index (χ4v) is 1.73. The van der Waals surface area contributed by atoms with Gasteiger partial charge in [0, 0.05) is 6.07 Å². The molecule has 0 radical (unpaired) electrons. The van der Waals surface area contributed by atoms with E-state index in [2.05, 4.69) is 4.98 Å². The van der Waals surface area contributed by atoms with E-state index in [0.29, 0.717) is 17.3 Å². The molecule has 0 amide bonds. The van der Waals surface area contributed by atoms with Crippen LogP contribution in [0.15, 0.2) is 42.5 Å². The zero-order valence-corrected chi connectivity index (χ0v) is 13.0. The summed E-state index contributed by atoms with van der Waals surface area (Å²) in [5, 5.41) is 0. The molecule has 1 unspecified atom stereocenters. The fraction of sp³-hybridized carbons (Fsp3) is 0.294. The molecule has 1 heterocycles. The summed E-state index contributed by atoms with van der Waals surface area (Å²) < 4.78 is 23.5. The number of esters is 1. The Morgan fingerprint density at radius 1 is 1.22 bits per heavy atom. The van der Waals surface area contributed by atoms with E-state index >= 15 is 0 Å². The second-order valence-electron chi connectivity index (χ2n) is 5.40. The van der Waals surface area contributed by atoms with Gasteiger partial charge in [-0.25, -0.2) is 9.37 Å². The second-order valence-corrected chi connectivity index (χ2v) is 5.40. The van der Waals surface area contributed by atoms with Gasteiger partial charge in [-0.1, -0.05) is 19.9 Å². The summed E-state index contributed by atoms with van der Waals surface area (Å²) in [7, 11) is 0. The Bertz CT molecular complexity index is 659. The van der Waals surface area contributed by atoms with Crippen LogP contribution in [0.3, 0.4) is 0 Å². The van der Waals surface area contributed by atoms with Crippen LogP contribution in [0.25, 0.3) is 0 Å². The molecule has 122 valence electrons. The summed E-state index contributed by atoms with van der Waals surface area (Å²) in [4.78, 5) is 16.0. The Labute approximate surface area is 134 Å². The van der Waals surface area contributed by atoms with Gasteiger partial charge in [0.1, 0.15) is 24.2 Å². The number of halogens is 1. The molecule has 0 bridgehead atoms. The third kappa shape index (κ3) is 5.03. The topological polar surface area (TPSA) is 74.4 Å². The lowest BCUT2D eigenvalue weighted by atomic mass is 10.1. The minimum atomic E-state index is -0.659. The normalized spacial score (nSPS) is 12.0. The summed E-state index contributed by atoms with van der Waals surface area (Å²) in [6.45, 7) is 3.71. The molecule has 23 heavy (non-hydrogen) atoms. The van der Waals surface area contributed by atoms with Crippen LogP contribution in [-0.2, 0) is 16.1 Å². The van der Waals surface area contributed by atoms with Crippen molar-refractivity contribution in [3.63, 3.8) is 0 Å². The molecule has 1 atom stereocenters. The van der Waals surface area contributed by atoms with E-state index in [1.165, 1.54) is 24.3 Å². The van der Waals surface area contributed by atoms with E-state index in [-0.39, 0.29) is 18.3 Å². The highest BCUT2D eigenvalue weighted by molar-refractivity contribution is 5.75. The van der Waals surface area contributed by atoms with Gasteiger partial charge in [0.05, 0.1) is 5.69 Å². The number of benzene rings is 1. The van der Waals surface area contributed by atoms with E-state index in [9.17, 15) is 9.18 Å². The Hall–Kier alpha value is -2.47. The molecule has 0 fully saturated rings. The Balaban J connectivity index is 1.97. The molecule has 0 aliphatic rings. The van der Waals surface area contributed by atoms with Gasteiger partial charge in [-0.15, -0.1) is 0 Å². The molecule has 0 aliphatic heterocycles. The van der Waals surface area contributed by atoms with Crippen molar-refractivity contribution < 1.29 is 18.7 Å². The summed E-state index contributed by atoms with van der Waals surface area (Å²) >= 11 is 0. The predicted octanol–water partition coefficient (Wildman–Crippen LogP) is 3.04. The average molecular weight is 318 g/mol. The van der Waals surface area contributed by atoms with Crippen molar-refractivity contribution in [2.24, 2.45) is 11.7 Å². The first-order chi connectivity index (χ1) is 11.0. The highest BCUT2D eigenvalue weighted by atomic mass is 19.1. The highest BCUT2D eigenvalue weighted by Crippen LogP contribution is 2.20. The van der Waals surface area contributed by atoms with Crippen LogP contribution >= 0.6 is 0 Å². The van der Waals surface area contributed by atoms with E-state index in [1.807, 2.05) is 13.8 Å². The maximum absolute atomic E-state index is 12.9. The largest absolute Gasteiger partial charge is 0.458 e. The quantitative estimate of drug-likeness (QED) is 0.829. The number of ether oxygens (including phenoxy) is 2. The smallest absolute Gasteiger partial charge is 0.323 e. The first kappa shape index (κ1) is 16.9. The van der Waals surface area contributed by atoms with Crippen molar-refractivity contribution in [3.8, 4) is 11.6 Å². The third-order valence-electron chi connectivity index (χ3n) is 3.17. The lowest BCUT2D eigenvalue weighted by molar-refractivity contribution is -0.147. The Morgan fingerprint density at radius 2 is 1.91 bits per heavy atom. The van der Waals surface area contributed by atoms with Crippen molar-refractivity contribution in [2.45, 2.75) is 26.5 Å². The molecule has 0 aliphatic carbocycles. The molecule has 0 saturated carbocycles. The van der Waals surface area contributed by atoms with E-state index in [4.69, 9.17) is 15.2 Å². The zero-order valence-electron chi connectivity index (χ0n) is 13.0. The number of hydrogen-bond donors (Lipinski definition) is 1. The van der Waals surface area contributed by atoms with Crippen LogP contribution in [0.4, 0.5) is 4.39 Å². The summed E-state index contributed by atoms with van der Waals surface area (Å²) in [6.07, 6.45) is 0. The average Bonchev–Trinajstić information content (AvgIpc) is 2.54. The van der Waals surface area contributed by atoms with E-state index in [0.717, 1.165) is 0 Å². The lowest BCUT2D eigenvalue weighted by Gasteiger charge is -2.14. The van der Waals surface area contributed by atoms with Crippen molar-refractivity contribution in [1.82, 2.24) is 4.98 Å². The number of carbonyl (C=O) groups is 1. The standard InChI is InChI=1S/C17H19FN2O3/c1-11(2)16(19)17(21)22-10-13-4-3-5-15(20-13)23-14-8-6-12(18)7-9-14/h3-9,11,16H,10,19H2,1-2H3. The SMILES string of the molecule is CC(C)C(N)C(=O)OCc1cccc(Oc2ccc(F)cc2)n1. The van der Waals surface area contributed by atoms with Gasteiger partial charge < -0.3 is 15.2 Å². The summed E-state index contributed by atoms with van der Waals surface area (Å²) in [5.41, 5.74) is 6.25. The van der Waals surface area contributed by atoms with Crippen LogP contribution in [0.2, 0.25) is 0 Å². The minimum Gasteiger partial charge on any atom is -0.458 e.